The number of imidazole rings is 1. The van der Waals surface area contributed by atoms with Gasteiger partial charge in [0.1, 0.15) is 5.75 Å². The highest BCUT2D eigenvalue weighted by molar-refractivity contribution is 6.32. The first kappa shape index (κ1) is 17.2. The summed E-state index contributed by atoms with van der Waals surface area (Å²) in [5, 5.41) is 0.621. The number of nitrogens with zero attached hydrogens (tertiary/aromatic N) is 3. The van der Waals surface area contributed by atoms with Crippen molar-refractivity contribution in [2.45, 2.75) is 25.4 Å². The predicted molar refractivity (Wildman–Crippen MR) is 106 cm³/mol. The molecule has 1 saturated heterocycles. The fraction of sp³-hybridized carbons (Fsp3) is 0.350. The Bertz CT molecular complexity index is 923. The molecule has 136 valence electrons. The molecule has 3 aromatic rings. The van der Waals surface area contributed by atoms with Crippen LogP contribution in [-0.2, 0) is 6.54 Å². The molecule has 2 N–H and O–H groups in total. The molecule has 5 nitrogen and oxygen atoms in total. The van der Waals surface area contributed by atoms with Crippen molar-refractivity contribution in [3.05, 3.63) is 53.1 Å². The fourth-order valence-corrected chi connectivity index (χ4v) is 3.92. The zero-order chi connectivity index (χ0) is 18.1. The lowest BCUT2D eigenvalue weighted by Crippen LogP contribution is -2.44. The second-order valence-electron chi connectivity index (χ2n) is 6.80. The third-order valence-electron chi connectivity index (χ3n) is 4.93. The number of aromatic nitrogens is 2. The molecule has 0 bridgehead atoms. The SMILES string of the molecule is COc1ccc(Cn2c(N3CCC[C@@H](N)C3)nc3ccccc32)cc1Cl. The minimum Gasteiger partial charge on any atom is -0.495 e. The number of hydrogen-bond donors (Lipinski definition) is 1. The van der Waals surface area contributed by atoms with Gasteiger partial charge < -0.3 is 19.9 Å². The van der Waals surface area contributed by atoms with Gasteiger partial charge in [0.15, 0.2) is 0 Å². The Balaban J connectivity index is 1.75. The average molecular weight is 371 g/mol. The minimum atomic E-state index is 0.201. The summed E-state index contributed by atoms with van der Waals surface area (Å²) in [6, 6.07) is 14.4. The van der Waals surface area contributed by atoms with Gasteiger partial charge in [0.05, 0.1) is 29.7 Å². The van der Waals surface area contributed by atoms with Crippen LogP contribution in [0.4, 0.5) is 5.95 Å². The molecule has 6 heteroatoms. The van der Waals surface area contributed by atoms with Crippen LogP contribution in [0.5, 0.6) is 5.75 Å². The van der Waals surface area contributed by atoms with Crippen molar-refractivity contribution < 1.29 is 4.74 Å². The van der Waals surface area contributed by atoms with Gasteiger partial charge >= 0.3 is 0 Å². The van der Waals surface area contributed by atoms with Crippen molar-refractivity contribution in [2.24, 2.45) is 5.73 Å². The Labute approximate surface area is 158 Å². The molecule has 1 atom stereocenters. The van der Waals surface area contributed by atoms with Gasteiger partial charge in [-0.05, 0) is 42.7 Å². The number of fused-ring (bicyclic) bond motifs is 1. The maximum Gasteiger partial charge on any atom is 0.206 e. The van der Waals surface area contributed by atoms with E-state index in [0.717, 1.165) is 48.5 Å². The number of para-hydroxylation sites is 2. The van der Waals surface area contributed by atoms with Crippen molar-refractivity contribution in [2.75, 3.05) is 25.1 Å². The normalized spacial score (nSPS) is 17.7. The zero-order valence-corrected chi connectivity index (χ0v) is 15.6. The van der Waals surface area contributed by atoms with Crippen LogP contribution in [0.1, 0.15) is 18.4 Å². The lowest BCUT2D eigenvalue weighted by molar-refractivity contribution is 0.415. The lowest BCUT2D eigenvalue weighted by Gasteiger charge is -2.32. The van der Waals surface area contributed by atoms with Gasteiger partial charge in [-0.1, -0.05) is 29.8 Å². The first-order valence-corrected chi connectivity index (χ1v) is 9.31. The van der Waals surface area contributed by atoms with Crippen LogP contribution in [0.2, 0.25) is 5.02 Å². The first-order chi connectivity index (χ1) is 12.7. The van der Waals surface area contributed by atoms with E-state index in [1.54, 1.807) is 7.11 Å². The summed E-state index contributed by atoms with van der Waals surface area (Å²) in [4.78, 5) is 7.20. The molecule has 1 aliphatic rings. The molecule has 0 amide bonds. The number of piperidine rings is 1. The van der Waals surface area contributed by atoms with Crippen molar-refractivity contribution in [1.82, 2.24) is 9.55 Å². The highest BCUT2D eigenvalue weighted by atomic mass is 35.5. The summed E-state index contributed by atoms with van der Waals surface area (Å²) in [6.45, 7) is 2.53. The largest absolute Gasteiger partial charge is 0.495 e. The predicted octanol–water partition coefficient (Wildman–Crippen LogP) is 3.67. The third-order valence-corrected chi connectivity index (χ3v) is 5.23. The second-order valence-corrected chi connectivity index (χ2v) is 7.21. The van der Waals surface area contributed by atoms with E-state index < -0.39 is 0 Å². The second kappa shape index (κ2) is 7.17. The van der Waals surface area contributed by atoms with E-state index in [4.69, 9.17) is 27.1 Å². The highest BCUT2D eigenvalue weighted by Crippen LogP contribution is 2.29. The summed E-state index contributed by atoms with van der Waals surface area (Å²) in [5.74, 6) is 1.67. The van der Waals surface area contributed by atoms with E-state index in [1.807, 2.05) is 30.3 Å². The number of ether oxygens (including phenoxy) is 1. The summed E-state index contributed by atoms with van der Waals surface area (Å²) in [5.41, 5.74) is 9.43. The van der Waals surface area contributed by atoms with Crippen LogP contribution >= 0.6 is 11.6 Å². The summed E-state index contributed by atoms with van der Waals surface area (Å²) in [6.07, 6.45) is 2.17. The first-order valence-electron chi connectivity index (χ1n) is 8.94. The van der Waals surface area contributed by atoms with Crippen LogP contribution in [0, 0.1) is 0 Å². The molecule has 2 heterocycles. The van der Waals surface area contributed by atoms with E-state index in [0.29, 0.717) is 17.3 Å². The number of anilines is 1. The van der Waals surface area contributed by atoms with Gasteiger partial charge in [-0.3, -0.25) is 0 Å². The van der Waals surface area contributed by atoms with Crippen LogP contribution in [0.25, 0.3) is 11.0 Å². The Morgan fingerprint density at radius 2 is 2.12 bits per heavy atom. The Morgan fingerprint density at radius 3 is 2.88 bits per heavy atom. The topological polar surface area (TPSA) is 56.3 Å². The Kier molecular flexibility index (Phi) is 4.74. The molecule has 0 spiro atoms. The molecular weight excluding hydrogens is 348 g/mol. The van der Waals surface area contributed by atoms with E-state index in [1.165, 1.54) is 0 Å². The maximum atomic E-state index is 6.32. The lowest BCUT2D eigenvalue weighted by atomic mass is 10.1. The summed E-state index contributed by atoms with van der Waals surface area (Å²) in [7, 11) is 1.63. The average Bonchev–Trinajstić information content (AvgIpc) is 3.01. The van der Waals surface area contributed by atoms with Crippen LogP contribution < -0.4 is 15.4 Å². The van der Waals surface area contributed by atoms with E-state index in [2.05, 4.69) is 21.6 Å². The van der Waals surface area contributed by atoms with Crippen LogP contribution in [0.15, 0.2) is 42.5 Å². The molecule has 1 fully saturated rings. The molecule has 0 aliphatic carbocycles. The van der Waals surface area contributed by atoms with Gasteiger partial charge in [0.2, 0.25) is 5.95 Å². The van der Waals surface area contributed by atoms with Crippen molar-refractivity contribution in [3.63, 3.8) is 0 Å². The smallest absolute Gasteiger partial charge is 0.206 e. The van der Waals surface area contributed by atoms with Crippen LogP contribution in [0.3, 0.4) is 0 Å². The molecule has 2 aromatic carbocycles. The van der Waals surface area contributed by atoms with Crippen molar-refractivity contribution in [3.8, 4) is 5.75 Å². The summed E-state index contributed by atoms with van der Waals surface area (Å²) < 4.78 is 7.52. The Hall–Kier alpha value is -2.24. The molecular formula is C20H23ClN4O. The quantitative estimate of drug-likeness (QED) is 0.761. The molecule has 0 unspecified atom stereocenters. The van der Waals surface area contributed by atoms with E-state index >= 15 is 0 Å². The number of hydrogen-bond acceptors (Lipinski definition) is 4. The molecule has 0 saturated carbocycles. The molecule has 1 aromatic heterocycles. The number of benzene rings is 2. The van der Waals surface area contributed by atoms with Crippen molar-refractivity contribution >= 4 is 28.6 Å². The molecule has 26 heavy (non-hydrogen) atoms. The standard InChI is InChI=1S/C20H23ClN4O/c1-26-19-9-8-14(11-16(19)21)12-25-18-7-3-2-6-17(18)23-20(25)24-10-4-5-15(22)13-24/h2-3,6-9,11,15H,4-5,10,12-13,22H2,1H3/t15-/m1/s1. The monoisotopic (exact) mass is 370 g/mol. The molecule has 1 aliphatic heterocycles. The van der Waals surface area contributed by atoms with Gasteiger partial charge in [0.25, 0.3) is 0 Å². The van der Waals surface area contributed by atoms with Crippen molar-refractivity contribution in [1.29, 1.82) is 0 Å². The van der Waals surface area contributed by atoms with E-state index in [9.17, 15) is 0 Å². The zero-order valence-electron chi connectivity index (χ0n) is 14.9. The Morgan fingerprint density at radius 1 is 1.27 bits per heavy atom. The number of rotatable bonds is 4. The minimum absolute atomic E-state index is 0.201. The van der Waals surface area contributed by atoms with Gasteiger partial charge in [-0.2, -0.15) is 0 Å². The third kappa shape index (κ3) is 3.24. The fourth-order valence-electron chi connectivity index (χ4n) is 3.64. The number of methoxy groups -OCH3 is 1. The number of halogens is 1. The van der Waals surface area contributed by atoms with E-state index in [-0.39, 0.29) is 6.04 Å². The van der Waals surface area contributed by atoms with Gasteiger partial charge in [-0.15, -0.1) is 0 Å². The number of nitrogens with two attached hydrogens (primary N) is 1. The van der Waals surface area contributed by atoms with Gasteiger partial charge in [0, 0.05) is 19.1 Å². The molecule has 4 rings (SSSR count). The summed E-state index contributed by atoms with van der Waals surface area (Å²) >= 11 is 6.32. The highest BCUT2D eigenvalue weighted by Gasteiger charge is 2.22. The van der Waals surface area contributed by atoms with Crippen LogP contribution in [-0.4, -0.2) is 35.8 Å². The van der Waals surface area contributed by atoms with Gasteiger partial charge in [-0.25, -0.2) is 4.98 Å². The molecule has 0 radical (unpaired) electrons. The maximum absolute atomic E-state index is 6.32.